The molecule has 0 fully saturated rings. The van der Waals surface area contributed by atoms with E-state index in [9.17, 15) is 31.5 Å². The second-order valence-electron chi connectivity index (χ2n) is 5.63. The van der Waals surface area contributed by atoms with Crippen LogP contribution in [0.3, 0.4) is 0 Å². The van der Waals surface area contributed by atoms with Crippen LogP contribution in [0.15, 0.2) is 48.5 Å². The lowest BCUT2D eigenvalue weighted by atomic mass is 10.2. The SMILES string of the molecule is O=C(COC(=O)/C=C/c1ccc(OC(F)F)cc1)Nc1cc(C(F)(F)F)ccc1Cl. The number of benzene rings is 2. The molecule has 2 aromatic rings. The lowest BCUT2D eigenvalue weighted by molar-refractivity contribution is -0.142. The average molecular weight is 450 g/mol. The number of hydrogen-bond donors (Lipinski definition) is 1. The number of carbonyl (C=O) groups is 2. The number of anilines is 1. The zero-order valence-electron chi connectivity index (χ0n) is 14.9. The highest BCUT2D eigenvalue weighted by atomic mass is 35.5. The molecule has 30 heavy (non-hydrogen) atoms. The maximum atomic E-state index is 12.7. The molecule has 0 heterocycles. The minimum absolute atomic E-state index is 0.0605. The maximum absolute atomic E-state index is 12.7. The molecule has 0 aliphatic rings. The third kappa shape index (κ3) is 7.36. The van der Waals surface area contributed by atoms with Crippen LogP contribution < -0.4 is 10.1 Å². The van der Waals surface area contributed by atoms with Gasteiger partial charge in [0.25, 0.3) is 5.91 Å². The van der Waals surface area contributed by atoms with Gasteiger partial charge in [-0.3, -0.25) is 4.79 Å². The van der Waals surface area contributed by atoms with Gasteiger partial charge in [0.15, 0.2) is 6.61 Å². The number of carbonyl (C=O) groups excluding carboxylic acids is 2. The zero-order valence-corrected chi connectivity index (χ0v) is 15.6. The Morgan fingerprint density at radius 1 is 1.10 bits per heavy atom. The number of halogens is 6. The van der Waals surface area contributed by atoms with Crippen LogP contribution in [0.1, 0.15) is 11.1 Å². The van der Waals surface area contributed by atoms with Crippen molar-refractivity contribution in [3.63, 3.8) is 0 Å². The molecule has 1 N–H and O–H groups in total. The zero-order chi connectivity index (χ0) is 22.3. The molecule has 2 aromatic carbocycles. The van der Waals surface area contributed by atoms with Crippen molar-refractivity contribution in [3.05, 3.63) is 64.7 Å². The van der Waals surface area contributed by atoms with E-state index in [2.05, 4.69) is 14.8 Å². The molecule has 0 saturated heterocycles. The van der Waals surface area contributed by atoms with Crippen molar-refractivity contribution >= 4 is 35.2 Å². The van der Waals surface area contributed by atoms with Gasteiger partial charge in [0.2, 0.25) is 0 Å². The summed E-state index contributed by atoms with van der Waals surface area (Å²) >= 11 is 5.76. The molecule has 0 spiro atoms. The van der Waals surface area contributed by atoms with Crippen LogP contribution in [0.2, 0.25) is 5.02 Å². The van der Waals surface area contributed by atoms with Gasteiger partial charge < -0.3 is 14.8 Å². The first-order chi connectivity index (χ1) is 14.0. The Balaban J connectivity index is 1.87. The molecule has 0 bridgehead atoms. The molecule has 0 aliphatic carbocycles. The van der Waals surface area contributed by atoms with Gasteiger partial charge in [0.05, 0.1) is 16.3 Å². The number of nitrogens with one attached hydrogen (secondary N) is 1. The molecule has 0 aliphatic heterocycles. The second-order valence-corrected chi connectivity index (χ2v) is 6.04. The van der Waals surface area contributed by atoms with E-state index >= 15 is 0 Å². The first kappa shape index (κ1) is 23.1. The van der Waals surface area contributed by atoms with Gasteiger partial charge >= 0.3 is 18.8 Å². The lowest BCUT2D eigenvalue weighted by Gasteiger charge is -2.11. The van der Waals surface area contributed by atoms with E-state index in [1.54, 1.807) is 0 Å². The van der Waals surface area contributed by atoms with Gasteiger partial charge in [-0.25, -0.2) is 4.79 Å². The Hall–Kier alpha value is -3.14. The fraction of sp³-hybridized carbons (Fsp3) is 0.158. The summed E-state index contributed by atoms with van der Waals surface area (Å²) in [6.45, 7) is -3.73. The third-order valence-corrected chi connectivity index (χ3v) is 3.76. The fourth-order valence-electron chi connectivity index (χ4n) is 2.09. The lowest BCUT2D eigenvalue weighted by Crippen LogP contribution is -2.20. The highest BCUT2D eigenvalue weighted by molar-refractivity contribution is 6.33. The molecule has 1 amide bonds. The molecule has 0 unspecified atom stereocenters. The van der Waals surface area contributed by atoms with E-state index < -0.39 is 36.8 Å². The third-order valence-electron chi connectivity index (χ3n) is 3.43. The standard InChI is InChI=1S/C19H13ClF5NO4/c20-14-7-4-12(19(23,24)25)9-15(14)26-16(27)10-29-17(28)8-3-11-1-5-13(6-2-11)30-18(21)22/h1-9,18H,10H2,(H,26,27)/b8-3+. The molecule has 160 valence electrons. The maximum Gasteiger partial charge on any atom is 0.416 e. The monoisotopic (exact) mass is 449 g/mol. The number of esters is 1. The number of hydrogen-bond acceptors (Lipinski definition) is 4. The van der Waals surface area contributed by atoms with Crippen molar-refractivity contribution in [2.75, 3.05) is 11.9 Å². The van der Waals surface area contributed by atoms with Gasteiger partial charge in [-0.15, -0.1) is 0 Å². The van der Waals surface area contributed by atoms with E-state index in [-0.39, 0.29) is 16.5 Å². The Bertz CT molecular complexity index is 930. The van der Waals surface area contributed by atoms with Crippen LogP contribution in [0, 0.1) is 0 Å². The predicted octanol–water partition coefficient (Wildman–Crippen LogP) is 5.16. The largest absolute Gasteiger partial charge is 0.452 e. The number of alkyl halides is 5. The predicted molar refractivity (Wildman–Crippen MR) is 98.2 cm³/mol. The van der Waals surface area contributed by atoms with Crippen molar-refractivity contribution in [2.24, 2.45) is 0 Å². The van der Waals surface area contributed by atoms with E-state index in [0.717, 1.165) is 18.2 Å². The molecule has 0 atom stereocenters. The van der Waals surface area contributed by atoms with Crippen molar-refractivity contribution in [1.82, 2.24) is 0 Å². The molecule has 11 heteroatoms. The van der Waals surface area contributed by atoms with E-state index in [1.165, 1.54) is 30.3 Å². The molecule has 2 rings (SSSR count). The normalized spacial score (nSPS) is 11.6. The molecule has 5 nitrogen and oxygen atoms in total. The van der Waals surface area contributed by atoms with Gasteiger partial charge in [0, 0.05) is 6.08 Å². The van der Waals surface area contributed by atoms with Crippen molar-refractivity contribution < 1.29 is 41.0 Å². The van der Waals surface area contributed by atoms with E-state index in [1.807, 2.05) is 0 Å². The topological polar surface area (TPSA) is 64.6 Å². The van der Waals surface area contributed by atoms with Crippen LogP contribution in [0.25, 0.3) is 6.08 Å². The Morgan fingerprint density at radius 3 is 2.37 bits per heavy atom. The highest BCUT2D eigenvalue weighted by Crippen LogP contribution is 2.33. The number of ether oxygens (including phenoxy) is 2. The summed E-state index contributed by atoms with van der Waals surface area (Å²) in [7, 11) is 0. The van der Waals surface area contributed by atoms with Gasteiger partial charge in [0.1, 0.15) is 5.75 Å². The summed E-state index contributed by atoms with van der Waals surface area (Å²) in [5.41, 5.74) is -0.824. The van der Waals surface area contributed by atoms with Gasteiger partial charge in [-0.1, -0.05) is 23.7 Å². The van der Waals surface area contributed by atoms with Crippen LogP contribution in [-0.4, -0.2) is 25.1 Å². The van der Waals surface area contributed by atoms with Crippen LogP contribution in [0.5, 0.6) is 5.75 Å². The van der Waals surface area contributed by atoms with Crippen LogP contribution in [0.4, 0.5) is 27.6 Å². The summed E-state index contributed by atoms with van der Waals surface area (Å²) in [5, 5.41) is 2.00. The number of rotatable bonds is 7. The van der Waals surface area contributed by atoms with Crippen LogP contribution in [-0.2, 0) is 20.5 Å². The first-order valence-electron chi connectivity index (χ1n) is 8.11. The minimum atomic E-state index is -4.62. The fourth-order valence-corrected chi connectivity index (χ4v) is 2.26. The van der Waals surface area contributed by atoms with Gasteiger partial charge in [-0.2, -0.15) is 22.0 Å². The van der Waals surface area contributed by atoms with Crippen molar-refractivity contribution in [2.45, 2.75) is 12.8 Å². The summed E-state index contributed by atoms with van der Waals surface area (Å²) in [5.74, 6) is -1.87. The number of amides is 1. The minimum Gasteiger partial charge on any atom is -0.452 e. The molecular formula is C19H13ClF5NO4. The summed E-state index contributed by atoms with van der Waals surface area (Å²) in [6.07, 6.45) is -2.34. The Labute approximate surface area is 172 Å². The van der Waals surface area contributed by atoms with Crippen LogP contribution >= 0.6 is 11.6 Å². The van der Waals surface area contributed by atoms with Gasteiger partial charge in [-0.05, 0) is 42.0 Å². The highest BCUT2D eigenvalue weighted by Gasteiger charge is 2.31. The molecule has 0 saturated carbocycles. The molecule has 0 radical (unpaired) electrons. The first-order valence-corrected chi connectivity index (χ1v) is 8.48. The Morgan fingerprint density at radius 2 is 1.77 bits per heavy atom. The average Bonchev–Trinajstić information content (AvgIpc) is 2.66. The van der Waals surface area contributed by atoms with Crippen molar-refractivity contribution in [3.8, 4) is 5.75 Å². The van der Waals surface area contributed by atoms with E-state index in [0.29, 0.717) is 11.6 Å². The quantitative estimate of drug-likeness (QED) is 0.360. The van der Waals surface area contributed by atoms with E-state index in [4.69, 9.17) is 11.6 Å². The summed E-state index contributed by atoms with van der Waals surface area (Å²) in [4.78, 5) is 23.5. The summed E-state index contributed by atoms with van der Waals surface area (Å²) in [6, 6.07) is 7.74. The molecular weight excluding hydrogens is 437 g/mol. The molecule has 0 aromatic heterocycles. The smallest absolute Gasteiger partial charge is 0.416 e. The summed E-state index contributed by atoms with van der Waals surface area (Å²) < 4.78 is 71.2. The van der Waals surface area contributed by atoms with Crippen molar-refractivity contribution in [1.29, 1.82) is 0 Å². The Kier molecular flexibility index (Phi) is 7.76. The second kappa shape index (κ2) is 10.1.